The van der Waals surface area contributed by atoms with E-state index in [0.717, 1.165) is 44.4 Å². The second-order valence-electron chi connectivity index (χ2n) is 7.55. The van der Waals surface area contributed by atoms with Crippen molar-refractivity contribution in [3.63, 3.8) is 0 Å². The topological polar surface area (TPSA) is 72.3 Å². The first kappa shape index (κ1) is 20.3. The summed E-state index contributed by atoms with van der Waals surface area (Å²) in [5, 5.41) is 11.4. The maximum Gasteiger partial charge on any atom is 0.123 e. The fourth-order valence-corrected chi connectivity index (χ4v) is 3.49. The summed E-state index contributed by atoms with van der Waals surface area (Å²) in [6.45, 7) is 8.18. The summed E-state index contributed by atoms with van der Waals surface area (Å²) < 4.78 is 0. The van der Waals surface area contributed by atoms with E-state index in [4.69, 9.17) is 11.5 Å². The number of phenolic OH excluding ortho intramolecular Hbond substituents is 1. The van der Waals surface area contributed by atoms with E-state index in [1.807, 2.05) is 64.1 Å². The number of hydrogen-bond acceptors (Lipinski definition) is 3. The largest absolute Gasteiger partial charge is 0.507 e. The molecule has 4 rings (SSSR count). The summed E-state index contributed by atoms with van der Waals surface area (Å²) in [4.78, 5) is 0. The van der Waals surface area contributed by atoms with Crippen LogP contribution in [-0.4, -0.2) is 5.11 Å². The first-order chi connectivity index (χ1) is 13.8. The number of benzene rings is 4. The quantitative estimate of drug-likeness (QED) is 0.337. The van der Waals surface area contributed by atoms with Crippen molar-refractivity contribution in [2.24, 2.45) is 0 Å². The fourth-order valence-electron chi connectivity index (χ4n) is 3.49. The zero-order valence-electron chi connectivity index (χ0n) is 17.5. The molecule has 3 heteroatoms. The molecule has 29 heavy (non-hydrogen) atoms. The monoisotopic (exact) mass is 384 g/mol. The Balaban J connectivity index is 0.000000186. The molecule has 5 N–H and O–H groups in total. The number of fused-ring (bicyclic) bond motifs is 1. The fraction of sp³-hybridized carbons (Fsp3) is 0.154. The molecule has 0 aliphatic rings. The van der Waals surface area contributed by atoms with Gasteiger partial charge in [0.2, 0.25) is 0 Å². The van der Waals surface area contributed by atoms with Crippen LogP contribution in [0.4, 0.5) is 11.4 Å². The van der Waals surface area contributed by atoms with Crippen LogP contribution < -0.4 is 11.5 Å². The first-order valence-corrected chi connectivity index (χ1v) is 9.68. The molecule has 3 nitrogen and oxygen atoms in total. The number of nitrogens with two attached hydrogens (primary N) is 2. The first-order valence-electron chi connectivity index (χ1n) is 9.68. The van der Waals surface area contributed by atoms with Crippen molar-refractivity contribution in [1.82, 2.24) is 0 Å². The number of aromatic hydroxyl groups is 1. The molecule has 4 aromatic carbocycles. The van der Waals surface area contributed by atoms with E-state index in [9.17, 15) is 5.11 Å². The highest BCUT2D eigenvalue weighted by molar-refractivity contribution is 5.87. The lowest BCUT2D eigenvalue weighted by Crippen LogP contribution is -1.97. The third-order valence-electron chi connectivity index (χ3n) is 5.29. The molecule has 0 saturated carbocycles. The molecule has 0 bridgehead atoms. The molecule has 0 atom stereocenters. The summed E-state index contributed by atoms with van der Waals surface area (Å²) in [7, 11) is 0. The van der Waals surface area contributed by atoms with Crippen molar-refractivity contribution in [3.8, 4) is 16.9 Å². The Morgan fingerprint density at radius 3 is 1.45 bits per heavy atom. The number of aryl methyl sites for hydroxylation is 4. The second-order valence-corrected chi connectivity index (χ2v) is 7.55. The van der Waals surface area contributed by atoms with Crippen LogP contribution in [0.3, 0.4) is 0 Å². The summed E-state index contributed by atoms with van der Waals surface area (Å²) in [6, 6.07) is 21.8. The number of nitrogen functional groups attached to an aromatic ring is 2. The van der Waals surface area contributed by atoms with Gasteiger partial charge in [0.1, 0.15) is 5.75 Å². The lowest BCUT2D eigenvalue weighted by Gasteiger charge is -2.12. The Labute approximate surface area is 172 Å². The van der Waals surface area contributed by atoms with Crippen LogP contribution in [0.1, 0.15) is 22.3 Å². The normalized spacial score (nSPS) is 10.5. The summed E-state index contributed by atoms with van der Waals surface area (Å²) in [6.07, 6.45) is 0. The van der Waals surface area contributed by atoms with Crippen LogP contribution in [-0.2, 0) is 0 Å². The number of phenols is 1. The average Bonchev–Trinajstić information content (AvgIpc) is 2.70. The van der Waals surface area contributed by atoms with Gasteiger partial charge in [0.15, 0.2) is 0 Å². The van der Waals surface area contributed by atoms with Gasteiger partial charge in [-0.15, -0.1) is 0 Å². The van der Waals surface area contributed by atoms with E-state index in [-0.39, 0.29) is 0 Å². The lowest BCUT2D eigenvalue weighted by molar-refractivity contribution is 0.481. The van der Waals surface area contributed by atoms with E-state index in [1.54, 1.807) is 6.07 Å². The molecule has 0 spiro atoms. The molecule has 0 aromatic heterocycles. The third kappa shape index (κ3) is 4.35. The second kappa shape index (κ2) is 8.27. The van der Waals surface area contributed by atoms with Gasteiger partial charge in [-0.2, -0.15) is 0 Å². The molecule has 4 aromatic rings. The van der Waals surface area contributed by atoms with Gasteiger partial charge < -0.3 is 16.6 Å². The smallest absolute Gasteiger partial charge is 0.123 e. The molecule has 148 valence electrons. The molecule has 0 heterocycles. The van der Waals surface area contributed by atoms with E-state index in [2.05, 4.69) is 24.3 Å². The van der Waals surface area contributed by atoms with Crippen molar-refractivity contribution < 1.29 is 5.11 Å². The zero-order chi connectivity index (χ0) is 21.1. The van der Waals surface area contributed by atoms with Gasteiger partial charge in [-0.1, -0.05) is 36.4 Å². The molecule has 0 amide bonds. The van der Waals surface area contributed by atoms with Gasteiger partial charge in [0.25, 0.3) is 0 Å². The Morgan fingerprint density at radius 2 is 1.00 bits per heavy atom. The molecule has 0 aliphatic carbocycles. The number of hydrogen-bond donors (Lipinski definition) is 3. The van der Waals surface area contributed by atoms with E-state index >= 15 is 0 Å². The van der Waals surface area contributed by atoms with Crippen LogP contribution in [0.2, 0.25) is 0 Å². The Hall–Kier alpha value is -3.46. The maximum atomic E-state index is 9.37. The number of rotatable bonds is 1. The van der Waals surface area contributed by atoms with Crippen LogP contribution in [0.5, 0.6) is 5.75 Å². The molecule has 0 fully saturated rings. The standard InChI is InChI=1S/C16H20N2.C10H8O/c1-9-5-13(6-10(2)15(9)17)14-7-11(3)16(18)12(4)8-14;11-10-7-3-5-8-4-1-2-6-9(8)10/h5-8H,17-18H2,1-4H3;1-7,11H. The molecule has 0 aliphatic heterocycles. The minimum atomic E-state index is 0.350. The van der Waals surface area contributed by atoms with Gasteiger partial charge in [-0.05, 0) is 96.8 Å². The van der Waals surface area contributed by atoms with Crippen LogP contribution in [0.15, 0.2) is 66.7 Å². The molecular weight excluding hydrogens is 356 g/mol. The van der Waals surface area contributed by atoms with Crippen molar-refractivity contribution in [2.45, 2.75) is 27.7 Å². The molecule has 0 radical (unpaired) electrons. The third-order valence-corrected chi connectivity index (χ3v) is 5.29. The summed E-state index contributed by atoms with van der Waals surface area (Å²) in [5.74, 6) is 0.350. The van der Waals surface area contributed by atoms with Crippen molar-refractivity contribution in [2.75, 3.05) is 11.5 Å². The van der Waals surface area contributed by atoms with Crippen molar-refractivity contribution in [1.29, 1.82) is 0 Å². The van der Waals surface area contributed by atoms with Crippen LogP contribution in [0.25, 0.3) is 21.9 Å². The summed E-state index contributed by atoms with van der Waals surface area (Å²) >= 11 is 0. The highest BCUT2D eigenvalue weighted by Gasteiger charge is 2.07. The van der Waals surface area contributed by atoms with Gasteiger partial charge >= 0.3 is 0 Å². The molecule has 0 unspecified atom stereocenters. The Kier molecular flexibility index (Phi) is 5.79. The van der Waals surface area contributed by atoms with Crippen molar-refractivity contribution >= 4 is 22.1 Å². The van der Waals surface area contributed by atoms with Crippen molar-refractivity contribution in [3.05, 3.63) is 89.0 Å². The van der Waals surface area contributed by atoms with Gasteiger partial charge in [-0.25, -0.2) is 0 Å². The minimum Gasteiger partial charge on any atom is -0.507 e. The number of anilines is 2. The Bertz CT molecular complexity index is 1070. The lowest BCUT2D eigenvalue weighted by atomic mass is 9.95. The van der Waals surface area contributed by atoms with Gasteiger partial charge in [0, 0.05) is 16.8 Å². The summed E-state index contributed by atoms with van der Waals surface area (Å²) in [5.41, 5.74) is 20.6. The van der Waals surface area contributed by atoms with E-state index in [0.29, 0.717) is 5.75 Å². The minimum absolute atomic E-state index is 0.350. The van der Waals surface area contributed by atoms with Gasteiger partial charge in [-0.3, -0.25) is 0 Å². The zero-order valence-corrected chi connectivity index (χ0v) is 17.5. The van der Waals surface area contributed by atoms with Crippen LogP contribution in [0, 0.1) is 27.7 Å². The highest BCUT2D eigenvalue weighted by Crippen LogP contribution is 2.30. The van der Waals surface area contributed by atoms with Crippen LogP contribution >= 0.6 is 0 Å². The SMILES string of the molecule is Cc1cc(-c2cc(C)c(N)c(C)c2)cc(C)c1N.Oc1cccc2ccccc12. The maximum absolute atomic E-state index is 9.37. The van der Waals surface area contributed by atoms with E-state index < -0.39 is 0 Å². The predicted molar refractivity (Wildman–Crippen MR) is 125 cm³/mol. The molecule has 0 saturated heterocycles. The Morgan fingerprint density at radius 1 is 0.586 bits per heavy atom. The average molecular weight is 385 g/mol. The highest BCUT2D eigenvalue weighted by atomic mass is 16.3. The molecular formula is C26H28N2O. The van der Waals surface area contributed by atoms with Gasteiger partial charge in [0.05, 0.1) is 0 Å². The van der Waals surface area contributed by atoms with E-state index in [1.165, 1.54) is 11.1 Å². The predicted octanol–water partition coefficient (Wildman–Crippen LogP) is 6.30.